The number of allylic oxidation sites excluding steroid dienone is 1. The second-order valence-corrected chi connectivity index (χ2v) is 7.72. The van der Waals surface area contributed by atoms with E-state index >= 15 is 0 Å². The van der Waals surface area contributed by atoms with Gasteiger partial charge in [-0.15, -0.1) is 0 Å². The minimum atomic E-state index is -0.319. The number of hydrogen-bond donors (Lipinski definition) is 0. The van der Waals surface area contributed by atoms with E-state index < -0.39 is 0 Å². The fourth-order valence-electron chi connectivity index (χ4n) is 4.61. The van der Waals surface area contributed by atoms with Crippen LogP contribution in [0.1, 0.15) is 50.7 Å². The van der Waals surface area contributed by atoms with Crippen LogP contribution in [0.15, 0.2) is 54.1 Å². The van der Waals surface area contributed by atoms with Gasteiger partial charge in [0.15, 0.2) is 0 Å². The highest BCUT2D eigenvalue weighted by Crippen LogP contribution is 2.51. The second-order valence-electron chi connectivity index (χ2n) is 7.72. The first-order valence-corrected chi connectivity index (χ1v) is 9.80. The topological polar surface area (TPSA) is 52.6 Å². The summed E-state index contributed by atoms with van der Waals surface area (Å²) in [4.78, 5) is 22.4. The highest BCUT2D eigenvalue weighted by atomic mass is 16.5. The van der Waals surface area contributed by atoms with E-state index in [9.17, 15) is 9.59 Å². The van der Waals surface area contributed by atoms with Crippen LogP contribution < -0.4 is 9.47 Å². The van der Waals surface area contributed by atoms with Crippen LogP contribution in [0, 0.1) is 11.8 Å². The van der Waals surface area contributed by atoms with Crippen LogP contribution in [-0.2, 0) is 9.59 Å². The first kappa shape index (κ1) is 18.5. The van der Waals surface area contributed by atoms with E-state index in [2.05, 4.69) is 0 Å². The third kappa shape index (κ3) is 3.86. The molecule has 2 fully saturated rings. The van der Waals surface area contributed by atoms with Crippen molar-refractivity contribution >= 4 is 17.5 Å². The van der Waals surface area contributed by atoms with Crippen LogP contribution >= 0.6 is 0 Å². The zero-order chi connectivity index (χ0) is 19.7. The van der Waals surface area contributed by atoms with Crippen molar-refractivity contribution in [3.05, 3.63) is 65.2 Å². The van der Waals surface area contributed by atoms with Gasteiger partial charge in [0.05, 0.1) is 0 Å². The predicted molar refractivity (Wildman–Crippen MR) is 107 cm³/mol. The molecule has 0 aliphatic heterocycles. The standard InChI is InChI=1S/C24H24O4/c1-15(25)27-21-9-5-18(6-10-21)24(23-14-17-3-4-20(23)13-17)19-7-11-22(12-8-19)28-16(2)26/h5-12,17,20H,3-4,13-14H2,1-2H3/t17-,20+/m0/s1. The van der Waals surface area contributed by atoms with Gasteiger partial charge in [-0.25, -0.2) is 0 Å². The van der Waals surface area contributed by atoms with Gasteiger partial charge >= 0.3 is 11.9 Å². The first-order chi connectivity index (χ1) is 13.5. The summed E-state index contributed by atoms with van der Waals surface area (Å²) in [5, 5.41) is 0. The zero-order valence-electron chi connectivity index (χ0n) is 16.2. The molecule has 0 heterocycles. The Balaban J connectivity index is 1.72. The van der Waals surface area contributed by atoms with E-state index in [-0.39, 0.29) is 11.9 Å². The molecule has 0 unspecified atom stereocenters. The van der Waals surface area contributed by atoms with Crippen molar-refractivity contribution in [2.24, 2.45) is 11.8 Å². The van der Waals surface area contributed by atoms with Gasteiger partial charge < -0.3 is 9.47 Å². The van der Waals surface area contributed by atoms with Gasteiger partial charge in [-0.2, -0.15) is 0 Å². The number of esters is 2. The number of hydrogen-bond acceptors (Lipinski definition) is 4. The van der Waals surface area contributed by atoms with Gasteiger partial charge in [-0.3, -0.25) is 9.59 Å². The van der Waals surface area contributed by atoms with Gasteiger partial charge in [0, 0.05) is 13.8 Å². The Morgan fingerprint density at radius 3 is 1.64 bits per heavy atom. The van der Waals surface area contributed by atoms with Gasteiger partial charge in [-0.1, -0.05) is 29.8 Å². The van der Waals surface area contributed by atoms with Gasteiger partial charge in [0.25, 0.3) is 0 Å². The Hall–Kier alpha value is -2.88. The lowest BCUT2D eigenvalue weighted by atomic mass is 9.84. The maximum absolute atomic E-state index is 11.2. The third-order valence-corrected chi connectivity index (χ3v) is 5.67. The molecule has 2 bridgehead atoms. The monoisotopic (exact) mass is 376 g/mol. The highest BCUT2D eigenvalue weighted by molar-refractivity contribution is 5.83. The summed E-state index contributed by atoms with van der Waals surface area (Å²) < 4.78 is 10.4. The molecule has 0 amide bonds. The molecule has 2 aromatic rings. The van der Waals surface area contributed by atoms with E-state index in [0.29, 0.717) is 17.4 Å². The molecule has 2 saturated carbocycles. The number of carbonyl (C=O) groups excluding carboxylic acids is 2. The predicted octanol–water partition coefficient (Wildman–Crippen LogP) is 5.16. The summed E-state index contributed by atoms with van der Waals surface area (Å²) in [6.07, 6.45) is 5.03. The SMILES string of the molecule is CC(=O)Oc1ccc(C(=C2C[C@H]3CC[C@@H]2C3)c2ccc(OC(C)=O)cc2)cc1. The van der Waals surface area contributed by atoms with Crippen LogP contribution in [0.2, 0.25) is 0 Å². The second kappa shape index (κ2) is 7.63. The van der Waals surface area contributed by atoms with Crippen molar-refractivity contribution in [3.8, 4) is 11.5 Å². The third-order valence-electron chi connectivity index (χ3n) is 5.67. The van der Waals surface area contributed by atoms with Crippen LogP contribution in [0.3, 0.4) is 0 Å². The quantitative estimate of drug-likeness (QED) is 0.546. The molecule has 2 aromatic carbocycles. The molecule has 4 heteroatoms. The lowest BCUT2D eigenvalue weighted by Crippen LogP contribution is -2.05. The van der Waals surface area contributed by atoms with Crippen LogP contribution in [0.25, 0.3) is 5.57 Å². The summed E-state index contributed by atoms with van der Waals surface area (Å²) >= 11 is 0. The number of fused-ring (bicyclic) bond motifs is 2. The molecule has 4 nitrogen and oxygen atoms in total. The van der Waals surface area contributed by atoms with Gasteiger partial charge in [-0.05, 0) is 78.5 Å². The van der Waals surface area contributed by atoms with Crippen molar-refractivity contribution < 1.29 is 19.1 Å². The summed E-state index contributed by atoms with van der Waals surface area (Å²) in [6.45, 7) is 2.81. The number of rotatable bonds is 4. The number of ether oxygens (including phenoxy) is 2. The molecule has 0 saturated heterocycles. The van der Waals surface area contributed by atoms with Crippen molar-refractivity contribution in [1.29, 1.82) is 0 Å². The average molecular weight is 376 g/mol. The fourth-order valence-corrected chi connectivity index (χ4v) is 4.61. The molecule has 0 radical (unpaired) electrons. The highest BCUT2D eigenvalue weighted by Gasteiger charge is 2.37. The summed E-state index contributed by atoms with van der Waals surface area (Å²) in [6, 6.07) is 15.5. The Morgan fingerprint density at radius 1 is 0.786 bits per heavy atom. The van der Waals surface area contributed by atoms with Crippen molar-refractivity contribution in [3.63, 3.8) is 0 Å². The zero-order valence-corrected chi connectivity index (χ0v) is 16.2. The van der Waals surface area contributed by atoms with Crippen molar-refractivity contribution in [2.75, 3.05) is 0 Å². The molecule has 4 rings (SSSR count). The normalized spacial score (nSPS) is 20.1. The Kier molecular flexibility index (Phi) is 5.03. The van der Waals surface area contributed by atoms with E-state index in [1.165, 1.54) is 44.3 Å². The average Bonchev–Trinajstić information content (AvgIpc) is 3.27. The van der Waals surface area contributed by atoms with E-state index in [0.717, 1.165) is 23.5 Å². The van der Waals surface area contributed by atoms with Gasteiger partial charge in [0.2, 0.25) is 0 Å². The van der Waals surface area contributed by atoms with Crippen molar-refractivity contribution in [2.45, 2.75) is 39.5 Å². The molecule has 0 spiro atoms. The largest absolute Gasteiger partial charge is 0.427 e. The maximum atomic E-state index is 11.2. The molecule has 28 heavy (non-hydrogen) atoms. The van der Waals surface area contributed by atoms with E-state index in [1.807, 2.05) is 48.5 Å². The molecule has 0 aromatic heterocycles. The Bertz CT molecular complexity index is 861. The Morgan fingerprint density at radius 2 is 1.29 bits per heavy atom. The molecular weight excluding hydrogens is 352 g/mol. The lowest BCUT2D eigenvalue weighted by Gasteiger charge is -2.20. The molecule has 144 valence electrons. The molecule has 2 aliphatic rings. The van der Waals surface area contributed by atoms with E-state index in [4.69, 9.17) is 9.47 Å². The summed E-state index contributed by atoms with van der Waals surface area (Å²) in [7, 11) is 0. The van der Waals surface area contributed by atoms with Crippen LogP contribution in [0.5, 0.6) is 11.5 Å². The molecule has 0 N–H and O–H groups in total. The van der Waals surface area contributed by atoms with Crippen LogP contribution in [-0.4, -0.2) is 11.9 Å². The van der Waals surface area contributed by atoms with E-state index in [1.54, 1.807) is 0 Å². The van der Waals surface area contributed by atoms with Crippen molar-refractivity contribution in [1.82, 2.24) is 0 Å². The fraction of sp³-hybridized carbons (Fsp3) is 0.333. The smallest absolute Gasteiger partial charge is 0.308 e. The summed E-state index contributed by atoms with van der Waals surface area (Å²) in [5.74, 6) is 1.93. The lowest BCUT2D eigenvalue weighted by molar-refractivity contribution is -0.132. The summed E-state index contributed by atoms with van der Waals surface area (Å²) in [5.41, 5.74) is 5.03. The minimum Gasteiger partial charge on any atom is -0.427 e. The minimum absolute atomic E-state index is 0.319. The number of benzene rings is 2. The molecule has 2 atom stereocenters. The Labute approximate surface area is 165 Å². The maximum Gasteiger partial charge on any atom is 0.308 e. The molecular formula is C24H24O4. The number of carbonyl (C=O) groups is 2. The first-order valence-electron chi connectivity index (χ1n) is 9.80. The van der Waals surface area contributed by atoms with Gasteiger partial charge in [0.1, 0.15) is 11.5 Å². The molecule has 2 aliphatic carbocycles. The van der Waals surface area contributed by atoms with Crippen LogP contribution in [0.4, 0.5) is 0 Å².